The van der Waals surface area contributed by atoms with Gasteiger partial charge in [-0.05, 0) is 49.8 Å². The molecule has 0 radical (unpaired) electrons. The Hall–Kier alpha value is -1.55. The summed E-state index contributed by atoms with van der Waals surface area (Å²) in [5, 5.41) is 3.50. The fraction of sp³-hybridized carbons (Fsp3) is 0.562. The lowest BCUT2D eigenvalue weighted by Gasteiger charge is -2.22. The molecule has 4 heteroatoms. The van der Waals surface area contributed by atoms with Crippen LogP contribution >= 0.6 is 0 Å². The number of aromatic nitrogens is 1. The zero-order valence-electron chi connectivity index (χ0n) is 11.6. The van der Waals surface area contributed by atoms with Gasteiger partial charge in [-0.3, -0.25) is 0 Å². The van der Waals surface area contributed by atoms with E-state index in [1.54, 1.807) is 0 Å². The van der Waals surface area contributed by atoms with Crippen molar-refractivity contribution in [3.05, 3.63) is 24.1 Å². The molecule has 0 amide bonds. The summed E-state index contributed by atoms with van der Waals surface area (Å²) in [4.78, 5) is 4.60. The molecule has 1 aliphatic heterocycles. The molecule has 1 saturated carbocycles. The largest absolute Gasteiger partial charge is 0.440 e. The standard InChI is InChI=1S/C16H20N2O2/c1-2-11(10-19-7-1)9-17-13-5-6-15-14(8-13)18-16(20-15)12-3-4-12/h5-6,8,11-12,17H,1-4,7,9-10H2. The van der Waals surface area contributed by atoms with Gasteiger partial charge < -0.3 is 14.5 Å². The quantitative estimate of drug-likeness (QED) is 0.924. The molecule has 1 saturated heterocycles. The van der Waals surface area contributed by atoms with Gasteiger partial charge in [0.05, 0.1) is 6.61 Å². The van der Waals surface area contributed by atoms with Crippen LogP contribution in [0, 0.1) is 5.92 Å². The van der Waals surface area contributed by atoms with Gasteiger partial charge in [-0.15, -0.1) is 0 Å². The molecule has 1 unspecified atom stereocenters. The van der Waals surface area contributed by atoms with Crippen LogP contribution in [-0.4, -0.2) is 24.7 Å². The Bertz CT molecular complexity index is 598. The minimum atomic E-state index is 0.568. The molecular formula is C16H20N2O2. The molecule has 0 bridgehead atoms. The van der Waals surface area contributed by atoms with Crippen LogP contribution in [0.3, 0.4) is 0 Å². The van der Waals surface area contributed by atoms with E-state index in [1.165, 1.54) is 25.7 Å². The van der Waals surface area contributed by atoms with Gasteiger partial charge in [0.25, 0.3) is 0 Å². The molecule has 1 aliphatic carbocycles. The molecule has 0 spiro atoms. The van der Waals surface area contributed by atoms with Gasteiger partial charge in [-0.2, -0.15) is 0 Å². The van der Waals surface area contributed by atoms with Crippen LogP contribution in [0.25, 0.3) is 11.1 Å². The summed E-state index contributed by atoms with van der Waals surface area (Å²) < 4.78 is 11.3. The summed E-state index contributed by atoms with van der Waals surface area (Å²) in [5.74, 6) is 2.11. The topological polar surface area (TPSA) is 47.3 Å². The second-order valence-corrected chi connectivity index (χ2v) is 5.97. The molecule has 1 aromatic carbocycles. The summed E-state index contributed by atoms with van der Waals surface area (Å²) in [7, 11) is 0. The van der Waals surface area contributed by atoms with Crippen LogP contribution in [0.15, 0.2) is 22.6 Å². The van der Waals surface area contributed by atoms with E-state index in [2.05, 4.69) is 22.4 Å². The van der Waals surface area contributed by atoms with Gasteiger partial charge in [0, 0.05) is 24.8 Å². The molecule has 4 nitrogen and oxygen atoms in total. The molecule has 2 aromatic rings. The lowest BCUT2D eigenvalue weighted by atomic mass is 10.0. The van der Waals surface area contributed by atoms with Crippen molar-refractivity contribution in [1.82, 2.24) is 4.98 Å². The molecule has 1 N–H and O–H groups in total. The van der Waals surface area contributed by atoms with Gasteiger partial charge in [-0.1, -0.05) is 0 Å². The Morgan fingerprint density at radius 2 is 2.20 bits per heavy atom. The highest BCUT2D eigenvalue weighted by Crippen LogP contribution is 2.40. The van der Waals surface area contributed by atoms with Crippen LogP contribution < -0.4 is 5.32 Å². The van der Waals surface area contributed by atoms with E-state index < -0.39 is 0 Å². The summed E-state index contributed by atoms with van der Waals surface area (Å²) in [6.07, 6.45) is 4.88. The molecule has 2 aliphatic rings. The average Bonchev–Trinajstić information content (AvgIpc) is 3.26. The highest BCUT2D eigenvalue weighted by molar-refractivity contribution is 5.77. The average molecular weight is 272 g/mol. The summed E-state index contributed by atoms with van der Waals surface area (Å²) in [6.45, 7) is 2.77. The lowest BCUT2D eigenvalue weighted by molar-refractivity contribution is 0.0595. The number of anilines is 1. The zero-order valence-corrected chi connectivity index (χ0v) is 11.6. The minimum Gasteiger partial charge on any atom is -0.440 e. The number of nitrogens with one attached hydrogen (secondary N) is 1. The van der Waals surface area contributed by atoms with Gasteiger partial charge >= 0.3 is 0 Å². The van der Waals surface area contributed by atoms with Gasteiger partial charge in [0.2, 0.25) is 0 Å². The predicted octanol–water partition coefficient (Wildman–Crippen LogP) is 3.54. The first-order valence-corrected chi connectivity index (χ1v) is 7.60. The molecule has 4 rings (SSSR count). The number of ether oxygens (including phenoxy) is 1. The normalized spacial score (nSPS) is 23.1. The molecule has 20 heavy (non-hydrogen) atoms. The third kappa shape index (κ3) is 2.52. The van der Waals surface area contributed by atoms with Crippen molar-refractivity contribution >= 4 is 16.8 Å². The van der Waals surface area contributed by atoms with E-state index >= 15 is 0 Å². The Morgan fingerprint density at radius 1 is 1.25 bits per heavy atom. The molecule has 1 atom stereocenters. The van der Waals surface area contributed by atoms with Crippen molar-refractivity contribution < 1.29 is 9.15 Å². The summed E-state index contributed by atoms with van der Waals surface area (Å²) in [5.41, 5.74) is 2.99. The SMILES string of the molecule is c1cc2oc(C3CC3)nc2cc1NCC1CCCOC1. The first-order chi connectivity index (χ1) is 9.88. The van der Waals surface area contributed by atoms with Crippen molar-refractivity contribution in [2.24, 2.45) is 5.92 Å². The maximum Gasteiger partial charge on any atom is 0.198 e. The Labute approximate surface area is 118 Å². The minimum absolute atomic E-state index is 0.568. The van der Waals surface area contributed by atoms with E-state index in [9.17, 15) is 0 Å². The number of hydrogen-bond acceptors (Lipinski definition) is 4. The number of benzene rings is 1. The van der Waals surface area contributed by atoms with E-state index in [0.717, 1.165) is 42.4 Å². The van der Waals surface area contributed by atoms with Crippen molar-refractivity contribution in [2.45, 2.75) is 31.6 Å². The fourth-order valence-corrected chi connectivity index (χ4v) is 2.79. The highest BCUT2D eigenvalue weighted by atomic mass is 16.5. The summed E-state index contributed by atoms with van der Waals surface area (Å²) >= 11 is 0. The van der Waals surface area contributed by atoms with E-state index in [1.807, 2.05) is 6.07 Å². The Kier molecular flexibility index (Phi) is 3.11. The van der Waals surface area contributed by atoms with Crippen molar-refractivity contribution in [2.75, 3.05) is 25.1 Å². The van der Waals surface area contributed by atoms with Crippen molar-refractivity contribution in [3.8, 4) is 0 Å². The number of rotatable bonds is 4. The van der Waals surface area contributed by atoms with Crippen LogP contribution in [0.2, 0.25) is 0 Å². The van der Waals surface area contributed by atoms with E-state index in [-0.39, 0.29) is 0 Å². The first kappa shape index (κ1) is 12.2. The summed E-state index contributed by atoms with van der Waals surface area (Å²) in [6, 6.07) is 6.19. The van der Waals surface area contributed by atoms with E-state index in [0.29, 0.717) is 11.8 Å². The van der Waals surface area contributed by atoms with Crippen LogP contribution in [-0.2, 0) is 4.74 Å². The number of oxazole rings is 1. The van der Waals surface area contributed by atoms with Crippen LogP contribution in [0.1, 0.15) is 37.5 Å². The third-order valence-electron chi connectivity index (χ3n) is 4.18. The third-order valence-corrected chi connectivity index (χ3v) is 4.18. The van der Waals surface area contributed by atoms with Crippen LogP contribution in [0.5, 0.6) is 0 Å². The second-order valence-electron chi connectivity index (χ2n) is 5.97. The van der Waals surface area contributed by atoms with Crippen molar-refractivity contribution in [3.63, 3.8) is 0 Å². The maximum absolute atomic E-state index is 5.78. The highest BCUT2D eigenvalue weighted by Gasteiger charge is 2.28. The molecule has 2 fully saturated rings. The Morgan fingerprint density at radius 3 is 3.00 bits per heavy atom. The molecule has 106 valence electrons. The number of fused-ring (bicyclic) bond motifs is 1. The number of hydrogen-bond donors (Lipinski definition) is 1. The van der Waals surface area contributed by atoms with Gasteiger partial charge in [-0.25, -0.2) is 4.98 Å². The lowest BCUT2D eigenvalue weighted by Crippen LogP contribution is -2.24. The molecule has 1 aromatic heterocycles. The second kappa shape index (κ2) is 5.09. The first-order valence-electron chi connectivity index (χ1n) is 7.60. The zero-order chi connectivity index (χ0) is 13.4. The van der Waals surface area contributed by atoms with E-state index in [4.69, 9.17) is 9.15 Å². The van der Waals surface area contributed by atoms with Gasteiger partial charge in [0.1, 0.15) is 5.52 Å². The monoisotopic (exact) mass is 272 g/mol. The Balaban J connectivity index is 1.45. The molecular weight excluding hydrogens is 252 g/mol. The smallest absolute Gasteiger partial charge is 0.198 e. The maximum atomic E-state index is 5.78. The van der Waals surface area contributed by atoms with Crippen LogP contribution in [0.4, 0.5) is 5.69 Å². The fourth-order valence-electron chi connectivity index (χ4n) is 2.79. The molecule has 2 heterocycles. The predicted molar refractivity (Wildman–Crippen MR) is 78.0 cm³/mol. The van der Waals surface area contributed by atoms with Gasteiger partial charge in [0.15, 0.2) is 11.5 Å². The number of nitrogens with zero attached hydrogens (tertiary/aromatic N) is 1. The van der Waals surface area contributed by atoms with Crippen molar-refractivity contribution in [1.29, 1.82) is 0 Å².